The Hall–Kier alpha value is -2.40. The van der Waals surface area contributed by atoms with Gasteiger partial charge in [0.2, 0.25) is 0 Å². The second kappa shape index (κ2) is 4.70. The van der Waals surface area contributed by atoms with Gasteiger partial charge < -0.3 is 15.4 Å². The second-order valence-electron chi connectivity index (χ2n) is 4.25. The zero-order chi connectivity index (χ0) is 13.2. The van der Waals surface area contributed by atoms with E-state index in [4.69, 9.17) is 0 Å². The number of H-pyrrole nitrogens is 1. The number of imidazole rings is 1. The third-order valence-electron chi connectivity index (χ3n) is 2.99. The predicted octanol–water partition coefficient (Wildman–Crippen LogP) is 2.08. The normalized spacial score (nSPS) is 12.5. The third kappa shape index (κ3) is 2.15. The van der Waals surface area contributed by atoms with Gasteiger partial charge in [0.05, 0.1) is 5.52 Å². The van der Waals surface area contributed by atoms with Crippen LogP contribution in [0.25, 0.3) is 11.2 Å². The molecule has 0 aliphatic carbocycles. The van der Waals surface area contributed by atoms with E-state index >= 15 is 0 Å². The molecule has 0 saturated heterocycles. The van der Waals surface area contributed by atoms with E-state index in [1.807, 2.05) is 42.5 Å². The highest BCUT2D eigenvalue weighted by molar-refractivity contribution is 5.73. The molecule has 0 spiro atoms. The van der Waals surface area contributed by atoms with Crippen molar-refractivity contribution in [3.05, 3.63) is 53.9 Å². The topological polar surface area (TPSA) is 73.8 Å². The van der Waals surface area contributed by atoms with Crippen LogP contribution < -0.4 is 5.32 Å². The maximum absolute atomic E-state index is 10.3. The Kier molecular flexibility index (Phi) is 2.89. The molecule has 0 fully saturated rings. The first-order valence-corrected chi connectivity index (χ1v) is 6.05. The average Bonchev–Trinajstić information content (AvgIpc) is 2.90. The first kappa shape index (κ1) is 11.7. The van der Waals surface area contributed by atoms with Gasteiger partial charge in [-0.25, -0.2) is 9.97 Å². The van der Waals surface area contributed by atoms with E-state index in [0.717, 1.165) is 16.9 Å². The van der Waals surface area contributed by atoms with Crippen molar-refractivity contribution < 1.29 is 5.11 Å². The maximum atomic E-state index is 10.3. The lowest BCUT2D eigenvalue weighted by atomic mass is 10.1. The number of nitrogens with one attached hydrogen (secondary N) is 2. The molecule has 0 bridgehead atoms. The van der Waals surface area contributed by atoms with Crippen LogP contribution in [0, 0.1) is 0 Å². The summed E-state index contributed by atoms with van der Waals surface area (Å²) in [5.74, 6) is 1.25. The Bertz CT molecular complexity index is 693. The molecule has 19 heavy (non-hydrogen) atoms. The van der Waals surface area contributed by atoms with Crippen molar-refractivity contribution in [3.8, 4) is 0 Å². The SMILES string of the molecule is CNc1ccc2[nH]c(C(O)c3ccccc3)nc2n1. The van der Waals surface area contributed by atoms with Crippen molar-refractivity contribution in [1.82, 2.24) is 15.0 Å². The zero-order valence-electron chi connectivity index (χ0n) is 10.5. The third-order valence-corrected chi connectivity index (χ3v) is 2.99. The van der Waals surface area contributed by atoms with E-state index in [9.17, 15) is 5.11 Å². The summed E-state index contributed by atoms with van der Waals surface area (Å²) in [6.45, 7) is 0. The highest BCUT2D eigenvalue weighted by atomic mass is 16.3. The number of anilines is 1. The molecule has 2 aromatic heterocycles. The summed E-state index contributed by atoms with van der Waals surface area (Å²) in [6.07, 6.45) is -0.770. The molecule has 1 unspecified atom stereocenters. The van der Waals surface area contributed by atoms with Crippen molar-refractivity contribution in [2.45, 2.75) is 6.10 Å². The van der Waals surface area contributed by atoms with E-state index in [2.05, 4.69) is 20.3 Å². The number of rotatable bonds is 3. The first-order valence-electron chi connectivity index (χ1n) is 6.05. The molecule has 1 atom stereocenters. The van der Waals surface area contributed by atoms with Gasteiger partial charge in [0.15, 0.2) is 5.65 Å². The van der Waals surface area contributed by atoms with Crippen molar-refractivity contribution in [3.63, 3.8) is 0 Å². The molecule has 3 N–H and O–H groups in total. The number of aromatic nitrogens is 3. The van der Waals surface area contributed by atoms with Crippen LogP contribution in [-0.4, -0.2) is 27.1 Å². The molecule has 0 radical (unpaired) electrons. The highest BCUT2D eigenvalue weighted by Gasteiger charge is 2.15. The molecule has 5 heteroatoms. The van der Waals surface area contributed by atoms with E-state index in [0.29, 0.717) is 11.5 Å². The Morgan fingerprint density at radius 1 is 1.11 bits per heavy atom. The molecule has 3 aromatic rings. The number of fused-ring (bicyclic) bond motifs is 1. The van der Waals surface area contributed by atoms with Gasteiger partial charge in [-0.3, -0.25) is 0 Å². The van der Waals surface area contributed by atoms with Crippen molar-refractivity contribution >= 4 is 17.0 Å². The molecule has 1 aromatic carbocycles. The Morgan fingerprint density at radius 2 is 1.89 bits per heavy atom. The van der Waals surface area contributed by atoms with Gasteiger partial charge in [0.25, 0.3) is 0 Å². The quantitative estimate of drug-likeness (QED) is 0.669. The zero-order valence-corrected chi connectivity index (χ0v) is 10.5. The molecule has 5 nitrogen and oxygen atoms in total. The molecule has 0 aliphatic heterocycles. The summed E-state index contributed by atoms with van der Waals surface area (Å²) in [5.41, 5.74) is 2.20. The Morgan fingerprint density at radius 3 is 2.63 bits per heavy atom. The average molecular weight is 254 g/mol. The summed E-state index contributed by atoms with van der Waals surface area (Å²) in [6, 6.07) is 13.2. The van der Waals surface area contributed by atoms with Crippen molar-refractivity contribution in [1.29, 1.82) is 0 Å². The largest absolute Gasteiger partial charge is 0.380 e. The van der Waals surface area contributed by atoms with Crippen LogP contribution >= 0.6 is 0 Å². The van der Waals surface area contributed by atoms with Gasteiger partial charge in [-0.2, -0.15) is 0 Å². The van der Waals surface area contributed by atoms with Crippen LogP contribution in [0.15, 0.2) is 42.5 Å². The van der Waals surface area contributed by atoms with Gasteiger partial charge in [0.1, 0.15) is 17.7 Å². The minimum atomic E-state index is -0.770. The fraction of sp³-hybridized carbons (Fsp3) is 0.143. The number of hydrogen-bond acceptors (Lipinski definition) is 4. The number of aromatic amines is 1. The van der Waals surface area contributed by atoms with Gasteiger partial charge in [-0.15, -0.1) is 0 Å². The van der Waals surface area contributed by atoms with Crippen LogP contribution in [0.3, 0.4) is 0 Å². The van der Waals surface area contributed by atoms with E-state index < -0.39 is 6.10 Å². The molecule has 96 valence electrons. The number of aliphatic hydroxyl groups excluding tert-OH is 1. The van der Waals surface area contributed by atoms with Crippen LogP contribution in [0.4, 0.5) is 5.82 Å². The van der Waals surface area contributed by atoms with Gasteiger partial charge in [0, 0.05) is 7.05 Å². The number of nitrogens with zero attached hydrogens (tertiary/aromatic N) is 2. The fourth-order valence-electron chi connectivity index (χ4n) is 1.97. The number of pyridine rings is 1. The lowest BCUT2D eigenvalue weighted by Crippen LogP contribution is -2.01. The summed E-state index contributed by atoms with van der Waals surface area (Å²) in [7, 11) is 1.81. The van der Waals surface area contributed by atoms with Gasteiger partial charge >= 0.3 is 0 Å². The molecule has 0 aliphatic rings. The van der Waals surface area contributed by atoms with Crippen LogP contribution in [0.1, 0.15) is 17.5 Å². The first-order chi connectivity index (χ1) is 9.28. The van der Waals surface area contributed by atoms with Crippen molar-refractivity contribution in [2.24, 2.45) is 0 Å². The number of hydrogen-bond donors (Lipinski definition) is 3. The molecule has 0 amide bonds. The summed E-state index contributed by atoms with van der Waals surface area (Å²) in [5, 5.41) is 13.2. The molecule has 3 rings (SSSR count). The fourth-order valence-corrected chi connectivity index (χ4v) is 1.97. The molecule has 0 saturated carbocycles. The van der Waals surface area contributed by atoms with E-state index in [1.54, 1.807) is 7.05 Å². The monoisotopic (exact) mass is 254 g/mol. The highest BCUT2D eigenvalue weighted by Crippen LogP contribution is 2.21. The van der Waals surface area contributed by atoms with Gasteiger partial charge in [-0.05, 0) is 17.7 Å². The van der Waals surface area contributed by atoms with E-state index in [-0.39, 0.29) is 0 Å². The lowest BCUT2D eigenvalue weighted by molar-refractivity contribution is 0.211. The number of aliphatic hydroxyl groups is 1. The lowest BCUT2D eigenvalue weighted by Gasteiger charge is -2.06. The summed E-state index contributed by atoms with van der Waals surface area (Å²) < 4.78 is 0. The molecular formula is C14H14N4O. The maximum Gasteiger partial charge on any atom is 0.179 e. The minimum Gasteiger partial charge on any atom is -0.380 e. The van der Waals surface area contributed by atoms with E-state index in [1.165, 1.54) is 0 Å². The Balaban J connectivity index is 2.01. The van der Waals surface area contributed by atoms with Gasteiger partial charge in [-0.1, -0.05) is 30.3 Å². The summed E-state index contributed by atoms with van der Waals surface area (Å²) >= 11 is 0. The molecular weight excluding hydrogens is 240 g/mol. The van der Waals surface area contributed by atoms with Crippen LogP contribution in [0.2, 0.25) is 0 Å². The van der Waals surface area contributed by atoms with Crippen LogP contribution in [0.5, 0.6) is 0 Å². The minimum absolute atomic E-state index is 0.502. The predicted molar refractivity (Wildman–Crippen MR) is 73.9 cm³/mol. The smallest absolute Gasteiger partial charge is 0.179 e. The Labute approximate surface area is 110 Å². The standard InChI is InChI=1S/C14H14N4O/c1-15-11-8-7-10-13(17-11)18-14(16-10)12(19)9-5-3-2-4-6-9/h2-8,12,19H,1H3,(H2,15,16,17,18). The molecule has 2 heterocycles. The van der Waals surface area contributed by atoms with Crippen molar-refractivity contribution in [2.75, 3.05) is 12.4 Å². The summed E-state index contributed by atoms with van der Waals surface area (Å²) in [4.78, 5) is 11.8. The second-order valence-corrected chi connectivity index (χ2v) is 4.25. The van der Waals surface area contributed by atoms with Crippen LogP contribution in [-0.2, 0) is 0 Å². The number of benzene rings is 1.